The fourth-order valence-electron chi connectivity index (χ4n) is 1.76. The second kappa shape index (κ2) is 8.58. The van der Waals surface area contributed by atoms with Gasteiger partial charge in [0.15, 0.2) is 0 Å². The van der Waals surface area contributed by atoms with E-state index < -0.39 is 0 Å². The van der Waals surface area contributed by atoms with E-state index in [1.165, 1.54) is 6.42 Å². The molecule has 0 aromatic rings. The summed E-state index contributed by atoms with van der Waals surface area (Å²) in [5.41, 5.74) is 5.52. The van der Waals surface area contributed by atoms with Crippen LogP contribution in [0.2, 0.25) is 12.1 Å². The predicted octanol–water partition coefficient (Wildman–Crippen LogP) is 2.29. The lowest BCUT2D eigenvalue weighted by Gasteiger charge is -2.18. The highest BCUT2D eigenvalue weighted by atomic mass is 16.2. The Balaban J connectivity index is 3.72. The van der Waals surface area contributed by atoms with Gasteiger partial charge in [-0.1, -0.05) is 39.5 Å². The van der Waals surface area contributed by atoms with Crippen LogP contribution in [0.25, 0.3) is 0 Å². The zero-order valence-electron chi connectivity index (χ0n) is 9.13. The minimum atomic E-state index is -0.122. The summed E-state index contributed by atoms with van der Waals surface area (Å²) in [4.78, 5) is 0. The van der Waals surface area contributed by atoms with Crippen LogP contribution in [-0.4, -0.2) is 18.5 Å². The topological polar surface area (TPSA) is 46.2 Å². The molecule has 0 amide bonds. The van der Waals surface area contributed by atoms with E-state index in [9.17, 15) is 5.02 Å². The van der Waals surface area contributed by atoms with E-state index in [0.717, 1.165) is 32.0 Å². The van der Waals surface area contributed by atoms with E-state index in [2.05, 4.69) is 13.8 Å². The van der Waals surface area contributed by atoms with Gasteiger partial charge in [0.2, 0.25) is 0 Å². The average Bonchev–Trinajstić information content (AvgIpc) is 2.14. The van der Waals surface area contributed by atoms with E-state index in [1.807, 2.05) is 0 Å². The van der Waals surface area contributed by atoms with Gasteiger partial charge in [-0.25, -0.2) is 0 Å². The van der Waals surface area contributed by atoms with Gasteiger partial charge in [0.1, 0.15) is 0 Å². The van der Waals surface area contributed by atoms with Crippen molar-refractivity contribution in [1.82, 2.24) is 0 Å². The van der Waals surface area contributed by atoms with Gasteiger partial charge in [-0.3, -0.25) is 0 Å². The molecule has 0 spiro atoms. The fourth-order valence-corrected chi connectivity index (χ4v) is 1.76. The maximum absolute atomic E-state index is 9.85. The Bertz CT molecular complexity index is 105. The van der Waals surface area contributed by atoms with Gasteiger partial charge < -0.3 is 10.8 Å². The van der Waals surface area contributed by atoms with Crippen LogP contribution in [0.4, 0.5) is 0 Å². The van der Waals surface area contributed by atoms with E-state index >= 15 is 0 Å². The van der Waals surface area contributed by atoms with Gasteiger partial charge in [-0.15, -0.1) is 0 Å². The number of hydrogen-bond acceptors (Lipinski definition) is 2. The second-order valence-electron chi connectivity index (χ2n) is 3.84. The SMILES string of the molecule is CCCCB(O)C(CCC)CCN. The van der Waals surface area contributed by atoms with Gasteiger partial charge in [-0.2, -0.15) is 0 Å². The second-order valence-corrected chi connectivity index (χ2v) is 3.84. The normalized spacial score (nSPS) is 12.9. The molecule has 2 nitrogen and oxygen atoms in total. The summed E-state index contributed by atoms with van der Waals surface area (Å²) in [7, 11) is 0. The minimum absolute atomic E-state index is 0.122. The molecule has 0 aliphatic rings. The number of rotatable bonds is 8. The summed E-state index contributed by atoms with van der Waals surface area (Å²) < 4.78 is 0. The zero-order chi connectivity index (χ0) is 10.1. The molecule has 0 aliphatic carbocycles. The van der Waals surface area contributed by atoms with Crippen molar-refractivity contribution >= 4 is 6.92 Å². The lowest BCUT2D eigenvalue weighted by Crippen LogP contribution is -2.22. The summed E-state index contributed by atoms with van der Waals surface area (Å²) in [5.74, 6) is 0.432. The van der Waals surface area contributed by atoms with E-state index in [0.29, 0.717) is 12.4 Å². The minimum Gasteiger partial charge on any atom is -0.450 e. The van der Waals surface area contributed by atoms with E-state index in [-0.39, 0.29) is 6.92 Å². The highest BCUT2D eigenvalue weighted by Gasteiger charge is 2.21. The van der Waals surface area contributed by atoms with E-state index in [1.54, 1.807) is 0 Å². The monoisotopic (exact) mass is 185 g/mol. The first kappa shape index (κ1) is 13.0. The summed E-state index contributed by atoms with van der Waals surface area (Å²) >= 11 is 0. The van der Waals surface area contributed by atoms with Gasteiger partial charge in [-0.05, 0) is 25.1 Å². The zero-order valence-corrected chi connectivity index (χ0v) is 9.13. The Hall–Kier alpha value is -0.0151. The molecule has 0 fully saturated rings. The molecule has 0 aliphatic heterocycles. The third-order valence-corrected chi connectivity index (χ3v) is 2.59. The summed E-state index contributed by atoms with van der Waals surface area (Å²) in [6, 6.07) is 0. The van der Waals surface area contributed by atoms with Crippen LogP contribution < -0.4 is 5.73 Å². The van der Waals surface area contributed by atoms with Gasteiger partial charge in [0, 0.05) is 0 Å². The molecule has 0 saturated heterocycles. The molecular weight excluding hydrogens is 161 g/mol. The highest BCUT2D eigenvalue weighted by molar-refractivity contribution is 6.52. The molecular formula is C10H24BNO. The van der Waals surface area contributed by atoms with Crippen LogP contribution in [0.5, 0.6) is 0 Å². The fraction of sp³-hybridized carbons (Fsp3) is 1.00. The highest BCUT2D eigenvalue weighted by Crippen LogP contribution is 2.23. The smallest absolute Gasteiger partial charge is 0.292 e. The molecule has 0 radical (unpaired) electrons. The maximum Gasteiger partial charge on any atom is 0.292 e. The van der Waals surface area contributed by atoms with Crippen molar-refractivity contribution < 1.29 is 5.02 Å². The molecule has 0 aromatic heterocycles. The standard InChI is InChI=1S/C10H24BNO/c1-3-5-8-11(13)10(6-4-2)7-9-12/h10,13H,3-9,12H2,1-2H3. The lowest BCUT2D eigenvalue weighted by atomic mass is 9.51. The first-order valence-corrected chi connectivity index (χ1v) is 5.64. The van der Waals surface area contributed by atoms with Crippen LogP contribution in [0.1, 0.15) is 46.0 Å². The summed E-state index contributed by atoms with van der Waals surface area (Å²) in [5, 5.41) is 9.85. The Morgan fingerprint density at radius 3 is 2.38 bits per heavy atom. The van der Waals surface area contributed by atoms with Crippen LogP contribution in [-0.2, 0) is 0 Å². The molecule has 3 heteroatoms. The van der Waals surface area contributed by atoms with Gasteiger partial charge >= 0.3 is 0 Å². The van der Waals surface area contributed by atoms with Gasteiger partial charge in [0.25, 0.3) is 6.92 Å². The average molecular weight is 185 g/mol. The maximum atomic E-state index is 9.85. The molecule has 3 N–H and O–H groups in total. The quantitative estimate of drug-likeness (QED) is 0.570. The molecule has 0 aromatic carbocycles. The molecule has 0 heterocycles. The molecule has 0 saturated carbocycles. The van der Waals surface area contributed by atoms with Crippen molar-refractivity contribution in [2.24, 2.45) is 5.73 Å². The Morgan fingerprint density at radius 1 is 1.23 bits per heavy atom. The molecule has 78 valence electrons. The molecule has 1 unspecified atom stereocenters. The van der Waals surface area contributed by atoms with Gasteiger partial charge in [0.05, 0.1) is 0 Å². The Morgan fingerprint density at radius 2 is 1.92 bits per heavy atom. The largest absolute Gasteiger partial charge is 0.450 e. The predicted molar refractivity (Wildman–Crippen MR) is 60.0 cm³/mol. The first-order valence-electron chi connectivity index (χ1n) is 5.64. The molecule has 0 rings (SSSR count). The Labute approximate surface area is 83.0 Å². The van der Waals surface area contributed by atoms with Crippen molar-refractivity contribution in [3.05, 3.63) is 0 Å². The first-order chi connectivity index (χ1) is 6.26. The van der Waals surface area contributed by atoms with Crippen LogP contribution in [0.15, 0.2) is 0 Å². The Kier molecular flexibility index (Phi) is 8.57. The third-order valence-electron chi connectivity index (χ3n) is 2.59. The van der Waals surface area contributed by atoms with E-state index in [4.69, 9.17) is 5.73 Å². The summed E-state index contributed by atoms with van der Waals surface area (Å²) in [6.45, 7) is 4.90. The molecule has 13 heavy (non-hydrogen) atoms. The number of hydrogen-bond donors (Lipinski definition) is 2. The third kappa shape index (κ3) is 6.11. The van der Waals surface area contributed by atoms with Crippen molar-refractivity contribution in [3.8, 4) is 0 Å². The van der Waals surface area contributed by atoms with Crippen molar-refractivity contribution in [3.63, 3.8) is 0 Å². The van der Waals surface area contributed by atoms with Crippen LogP contribution in [0.3, 0.4) is 0 Å². The number of unbranched alkanes of at least 4 members (excludes halogenated alkanes) is 1. The number of nitrogens with two attached hydrogens (primary N) is 1. The molecule has 1 atom stereocenters. The van der Waals surface area contributed by atoms with Crippen LogP contribution >= 0.6 is 0 Å². The summed E-state index contributed by atoms with van der Waals surface area (Å²) in [6.07, 6.45) is 6.47. The van der Waals surface area contributed by atoms with Crippen molar-refractivity contribution in [2.75, 3.05) is 6.54 Å². The van der Waals surface area contributed by atoms with Crippen LogP contribution in [0, 0.1) is 0 Å². The lowest BCUT2D eigenvalue weighted by molar-refractivity contribution is 0.508. The van der Waals surface area contributed by atoms with Crippen molar-refractivity contribution in [1.29, 1.82) is 0 Å². The molecule has 0 bridgehead atoms. The van der Waals surface area contributed by atoms with Crippen molar-refractivity contribution in [2.45, 2.75) is 58.1 Å².